The molecule has 214 valence electrons. The van der Waals surface area contributed by atoms with Crippen LogP contribution in [0.2, 0.25) is 0 Å². The van der Waals surface area contributed by atoms with Crippen molar-refractivity contribution in [3.63, 3.8) is 0 Å². The number of carboxylic acids is 1. The summed E-state index contributed by atoms with van der Waals surface area (Å²) in [6.07, 6.45) is 8.47. The molecule has 6 heterocycles. The van der Waals surface area contributed by atoms with E-state index in [-0.39, 0.29) is 11.6 Å². The lowest BCUT2D eigenvalue weighted by Crippen LogP contribution is -2.36. The number of hydrogen-bond acceptors (Lipinski definition) is 9. The molecule has 0 spiro atoms. The molecule has 1 aliphatic carbocycles. The zero-order valence-corrected chi connectivity index (χ0v) is 23.3. The second kappa shape index (κ2) is 11.0. The second-order valence-electron chi connectivity index (χ2n) is 11.3. The number of hydrogen-bond donors (Lipinski definition) is 1. The Bertz CT molecular complexity index is 1660. The third kappa shape index (κ3) is 4.81. The first-order valence-corrected chi connectivity index (χ1v) is 14.7. The predicted octanol–water partition coefficient (Wildman–Crippen LogP) is 4.42. The van der Waals surface area contributed by atoms with Crippen molar-refractivity contribution in [3.8, 4) is 22.9 Å². The van der Waals surface area contributed by atoms with Gasteiger partial charge in [-0.15, -0.1) is 0 Å². The summed E-state index contributed by atoms with van der Waals surface area (Å²) in [5.74, 6) is 0.995. The number of rotatable bonds is 6. The molecule has 7 rings (SSSR count). The van der Waals surface area contributed by atoms with Gasteiger partial charge in [0.25, 0.3) is 0 Å². The molecule has 4 aromatic rings. The summed E-state index contributed by atoms with van der Waals surface area (Å²) in [7, 11) is 0. The Morgan fingerprint density at radius 1 is 0.976 bits per heavy atom. The van der Waals surface area contributed by atoms with Crippen LogP contribution in [0.4, 0.5) is 11.6 Å². The minimum absolute atomic E-state index is 0.0380. The van der Waals surface area contributed by atoms with Gasteiger partial charge in [0.1, 0.15) is 11.6 Å². The first kappa shape index (κ1) is 26.3. The number of piperidine rings is 1. The Labute approximate surface area is 243 Å². The number of pyridine rings is 3. The smallest absolute Gasteiger partial charge is 0.354 e. The zero-order chi connectivity index (χ0) is 28.6. The topological polar surface area (TPSA) is 133 Å². The largest absolute Gasteiger partial charge is 0.477 e. The number of nitrogens with zero attached hydrogens (tertiary/aromatic N) is 8. The molecular weight excluding hydrogens is 532 g/mol. The number of carbonyl (C=O) groups is 1. The fourth-order valence-corrected chi connectivity index (χ4v) is 6.10. The lowest BCUT2D eigenvalue weighted by atomic mass is 9.81. The van der Waals surface area contributed by atoms with Crippen molar-refractivity contribution >= 4 is 28.6 Å². The molecule has 11 heteroatoms. The minimum atomic E-state index is -1.09. The van der Waals surface area contributed by atoms with E-state index in [4.69, 9.17) is 14.8 Å². The van der Waals surface area contributed by atoms with Crippen molar-refractivity contribution in [2.24, 2.45) is 5.92 Å². The van der Waals surface area contributed by atoms with Gasteiger partial charge in [-0.3, -0.25) is 0 Å². The SMILES string of the molecule is N#CC1CCN(c2ccc(-c3cc(C(=O)O)nc4c3c(C3CCC3)nn4-c3ccnc(N4CCOCC4)c3)cn2)CC1. The van der Waals surface area contributed by atoms with Crippen molar-refractivity contribution in [3.05, 3.63) is 54.1 Å². The van der Waals surface area contributed by atoms with E-state index >= 15 is 0 Å². The van der Waals surface area contributed by atoms with E-state index in [9.17, 15) is 15.2 Å². The number of nitriles is 1. The van der Waals surface area contributed by atoms with Gasteiger partial charge in [-0.05, 0) is 55.5 Å². The number of ether oxygens (including phenoxy) is 1. The molecule has 42 heavy (non-hydrogen) atoms. The first-order valence-electron chi connectivity index (χ1n) is 14.7. The number of carboxylic acid groups (broad SMARTS) is 1. The lowest BCUT2D eigenvalue weighted by molar-refractivity contribution is 0.0691. The number of fused-ring (bicyclic) bond motifs is 1. The number of anilines is 2. The van der Waals surface area contributed by atoms with E-state index < -0.39 is 5.97 Å². The summed E-state index contributed by atoms with van der Waals surface area (Å²) >= 11 is 0. The Morgan fingerprint density at radius 2 is 1.76 bits per heavy atom. The van der Waals surface area contributed by atoms with Gasteiger partial charge in [0.2, 0.25) is 0 Å². The van der Waals surface area contributed by atoms with Crippen LogP contribution in [0.5, 0.6) is 0 Å². The van der Waals surface area contributed by atoms with Gasteiger partial charge in [-0.2, -0.15) is 10.4 Å². The standard InChI is InChI=1S/C31H32N8O3/c32-18-20-7-10-37(11-8-20)26-5-4-22(19-34-26)24-17-25(31(40)41)35-30-28(24)29(21-2-1-3-21)36-39(30)23-6-9-33-27(16-23)38-12-14-42-15-13-38/h4-6,9,16-17,19-21H,1-3,7-8,10-15H2,(H,40,41). The maximum atomic E-state index is 12.3. The minimum Gasteiger partial charge on any atom is -0.477 e. The van der Waals surface area contributed by atoms with Crippen molar-refractivity contribution in [2.75, 3.05) is 49.2 Å². The van der Waals surface area contributed by atoms with Crippen molar-refractivity contribution < 1.29 is 14.6 Å². The number of aromatic nitrogens is 5. The molecule has 11 nitrogen and oxygen atoms in total. The molecule has 0 unspecified atom stereocenters. The van der Waals surface area contributed by atoms with Gasteiger partial charge in [-0.25, -0.2) is 24.4 Å². The third-order valence-electron chi connectivity index (χ3n) is 8.74. The number of morpholine rings is 1. The molecule has 0 aromatic carbocycles. The van der Waals surface area contributed by atoms with Crippen LogP contribution in [-0.4, -0.2) is 75.2 Å². The highest BCUT2D eigenvalue weighted by Crippen LogP contribution is 2.43. The van der Waals surface area contributed by atoms with Crippen molar-refractivity contribution in [1.29, 1.82) is 5.26 Å². The molecule has 0 bridgehead atoms. The highest BCUT2D eigenvalue weighted by molar-refractivity contribution is 6.00. The highest BCUT2D eigenvalue weighted by Gasteiger charge is 2.30. The van der Waals surface area contributed by atoms with Crippen LogP contribution in [0.1, 0.15) is 54.2 Å². The Kier molecular flexibility index (Phi) is 6.91. The van der Waals surface area contributed by atoms with Crippen LogP contribution in [0.25, 0.3) is 27.8 Å². The summed E-state index contributed by atoms with van der Waals surface area (Å²) in [6, 6.07) is 11.9. The average molecular weight is 565 g/mol. The van der Waals surface area contributed by atoms with E-state index in [0.29, 0.717) is 24.8 Å². The fourth-order valence-electron chi connectivity index (χ4n) is 6.10. The Hall–Kier alpha value is -4.56. The van der Waals surface area contributed by atoms with Crippen LogP contribution in [0, 0.1) is 17.2 Å². The maximum absolute atomic E-state index is 12.3. The monoisotopic (exact) mass is 564 g/mol. The van der Waals surface area contributed by atoms with E-state index in [0.717, 1.165) is 97.8 Å². The second-order valence-corrected chi connectivity index (χ2v) is 11.3. The molecule has 2 aliphatic heterocycles. The van der Waals surface area contributed by atoms with Gasteiger partial charge in [0.05, 0.1) is 36.1 Å². The first-order chi connectivity index (χ1) is 20.6. The molecule has 0 amide bonds. The van der Waals surface area contributed by atoms with Crippen LogP contribution < -0.4 is 9.80 Å². The van der Waals surface area contributed by atoms with Gasteiger partial charge < -0.3 is 19.6 Å². The van der Waals surface area contributed by atoms with Gasteiger partial charge in [0.15, 0.2) is 11.3 Å². The normalized spacial score (nSPS) is 18.2. The zero-order valence-electron chi connectivity index (χ0n) is 23.3. The van der Waals surface area contributed by atoms with E-state index in [1.807, 2.05) is 30.5 Å². The van der Waals surface area contributed by atoms with Crippen LogP contribution in [0.3, 0.4) is 0 Å². The summed E-state index contributed by atoms with van der Waals surface area (Å²) < 4.78 is 7.30. The Balaban J connectivity index is 1.33. The van der Waals surface area contributed by atoms with Crippen LogP contribution >= 0.6 is 0 Å². The molecule has 0 radical (unpaired) electrons. The molecule has 4 aromatic heterocycles. The molecule has 0 atom stereocenters. The molecule has 3 fully saturated rings. The van der Waals surface area contributed by atoms with Crippen molar-refractivity contribution in [2.45, 2.75) is 38.0 Å². The van der Waals surface area contributed by atoms with Crippen LogP contribution in [-0.2, 0) is 4.74 Å². The maximum Gasteiger partial charge on any atom is 0.354 e. The van der Waals surface area contributed by atoms with Gasteiger partial charge >= 0.3 is 5.97 Å². The molecule has 2 saturated heterocycles. The van der Waals surface area contributed by atoms with E-state index in [1.165, 1.54) is 0 Å². The van der Waals surface area contributed by atoms with Gasteiger partial charge in [-0.1, -0.05) is 6.42 Å². The Morgan fingerprint density at radius 3 is 2.43 bits per heavy atom. The third-order valence-corrected chi connectivity index (χ3v) is 8.74. The molecule has 3 aliphatic rings. The number of aromatic carboxylic acids is 1. The molecular formula is C31H32N8O3. The summed E-state index contributed by atoms with van der Waals surface area (Å²) in [6.45, 7) is 4.41. The van der Waals surface area contributed by atoms with Crippen molar-refractivity contribution in [1.82, 2.24) is 24.7 Å². The lowest BCUT2D eigenvalue weighted by Gasteiger charge is -2.30. The highest BCUT2D eigenvalue weighted by atomic mass is 16.5. The fraction of sp³-hybridized carbons (Fsp3) is 0.419. The summed E-state index contributed by atoms with van der Waals surface area (Å²) in [5.41, 5.74) is 3.82. The molecule has 1 N–H and O–H groups in total. The van der Waals surface area contributed by atoms with Gasteiger partial charge in [0, 0.05) is 62.0 Å². The summed E-state index contributed by atoms with van der Waals surface area (Å²) in [4.78, 5) is 30.7. The van der Waals surface area contributed by atoms with E-state index in [2.05, 4.69) is 25.8 Å². The van der Waals surface area contributed by atoms with E-state index in [1.54, 1.807) is 16.9 Å². The molecule has 1 saturated carbocycles. The quantitative estimate of drug-likeness (QED) is 0.359. The van der Waals surface area contributed by atoms with Crippen LogP contribution in [0.15, 0.2) is 42.7 Å². The summed E-state index contributed by atoms with van der Waals surface area (Å²) in [5, 5.41) is 25.3. The average Bonchev–Trinajstić information content (AvgIpc) is 3.39. The predicted molar refractivity (Wildman–Crippen MR) is 157 cm³/mol.